The Morgan fingerprint density at radius 3 is 2.35 bits per heavy atom. The molecule has 0 saturated heterocycles. The van der Waals surface area contributed by atoms with Crippen LogP contribution in [0.1, 0.15) is 30.0 Å². The van der Waals surface area contributed by atoms with Gasteiger partial charge in [-0.25, -0.2) is 0 Å². The molecule has 3 nitrogen and oxygen atoms in total. The predicted molar refractivity (Wildman–Crippen MR) is 70.2 cm³/mol. The van der Waals surface area contributed by atoms with Crippen LogP contribution in [0, 0.1) is 13.8 Å². The quantitative estimate of drug-likeness (QED) is 0.797. The lowest BCUT2D eigenvalue weighted by Crippen LogP contribution is -2.27. The summed E-state index contributed by atoms with van der Waals surface area (Å²) < 4.78 is 0. The topological polar surface area (TPSA) is 43.7 Å². The van der Waals surface area contributed by atoms with Crippen molar-refractivity contribution in [3.05, 3.63) is 28.8 Å². The van der Waals surface area contributed by atoms with E-state index in [4.69, 9.17) is 5.11 Å². The summed E-state index contributed by atoms with van der Waals surface area (Å²) in [4.78, 5) is 2.16. The highest BCUT2D eigenvalue weighted by Gasteiger charge is 2.09. The number of phenolic OH excluding ortho intramolecular Hbond substituents is 1. The maximum Gasteiger partial charge on any atom is 0.120 e. The molecule has 3 heteroatoms. The van der Waals surface area contributed by atoms with Crippen LogP contribution in [0.5, 0.6) is 5.75 Å². The van der Waals surface area contributed by atoms with Crippen LogP contribution in [-0.2, 0) is 6.54 Å². The van der Waals surface area contributed by atoms with Gasteiger partial charge in [-0.3, -0.25) is 4.90 Å². The Kier molecular flexibility index (Phi) is 5.45. The van der Waals surface area contributed by atoms with Crippen molar-refractivity contribution in [2.45, 2.75) is 33.7 Å². The zero-order chi connectivity index (χ0) is 12.8. The van der Waals surface area contributed by atoms with Gasteiger partial charge in [0.05, 0.1) is 6.61 Å². The van der Waals surface area contributed by atoms with E-state index in [1.165, 1.54) is 5.56 Å². The minimum Gasteiger partial charge on any atom is -0.508 e. The van der Waals surface area contributed by atoms with Gasteiger partial charge in [-0.2, -0.15) is 0 Å². The maximum absolute atomic E-state index is 9.91. The van der Waals surface area contributed by atoms with Gasteiger partial charge in [-0.05, 0) is 44.0 Å². The lowest BCUT2D eigenvalue weighted by molar-refractivity contribution is 0.189. The average molecular weight is 237 g/mol. The Morgan fingerprint density at radius 2 is 1.76 bits per heavy atom. The summed E-state index contributed by atoms with van der Waals surface area (Å²) in [7, 11) is 0. The van der Waals surface area contributed by atoms with Crippen molar-refractivity contribution < 1.29 is 10.2 Å². The third-order valence-corrected chi connectivity index (χ3v) is 3.04. The summed E-state index contributed by atoms with van der Waals surface area (Å²) in [6, 6.07) is 3.85. The van der Waals surface area contributed by atoms with Crippen LogP contribution >= 0.6 is 0 Å². The molecule has 2 N–H and O–H groups in total. The number of hydrogen-bond acceptors (Lipinski definition) is 3. The van der Waals surface area contributed by atoms with E-state index in [0.29, 0.717) is 18.8 Å². The van der Waals surface area contributed by atoms with Crippen molar-refractivity contribution in [3.63, 3.8) is 0 Å². The number of aryl methyl sites for hydroxylation is 2. The van der Waals surface area contributed by atoms with Crippen molar-refractivity contribution in [2.24, 2.45) is 0 Å². The smallest absolute Gasteiger partial charge is 0.120 e. The van der Waals surface area contributed by atoms with Gasteiger partial charge < -0.3 is 10.2 Å². The number of aliphatic hydroxyl groups is 1. The molecular weight excluding hydrogens is 214 g/mol. The molecule has 0 unspecified atom stereocenters. The van der Waals surface area contributed by atoms with Crippen LogP contribution in [-0.4, -0.2) is 34.8 Å². The molecule has 0 bridgehead atoms. The van der Waals surface area contributed by atoms with Crippen LogP contribution in [0.3, 0.4) is 0 Å². The van der Waals surface area contributed by atoms with Crippen molar-refractivity contribution in [1.82, 2.24) is 4.90 Å². The van der Waals surface area contributed by atoms with Gasteiger partial charge in [-0.15, -0.1) is 0 Å². The van der Waals surface area contributed by atoms with E-state index in [1.807, 2.05) is 19.1 Å². The van der Waals surface area contributed by atoms with Gasteiger partial charge in [0.15, 0.2) is 0 Å². The Balaban J connectivity index is 2.81. The van der Waals surface area contributed by atoms with Crippen molar-refractivity contribution in [3.8, 4) is 5.75 Å². The first-order chi connectivity index (χ1) is 8.08. The zero-order valence-electron chi connectivity index (χ0n) is 11.0. The molecule has 1 rings (SSSR count). The molecule has 96 valence electrons. The van der Waals surface area contributed by atoms with Gasteiger partial charge in [0.25, 0.3) is 0 Å². The molecule has 0 spiro atoms. The summed E-state index contributed by atoms with van der Waals surface area (Å²) in [6.45, 7) is 8.61. The highest BCUT2D eigenvalue weighted by atomic mass is 16.3. The first-order valence-corrected chi connectivity index (χ1v) is 6.20. The second kappa shape index (κ2) is 6.62. The number of rotatable bonds is 6. The van der Waals surface area contributed by atoms with Gasteiger partial charge in [0.2, 0.25) is 0 Å². The van der Waals surface area contributed by atoms with Crippen molar-refractivity contribution in [2.75, 3.05) is 19.7 Å². The highest BCUT2D eigenvalue weighted by Crippen LogP contribution is 2.23. The lowest BCUT2D eigenvalue weighted by atomic mass is 10.0. The maximum atomic E-state index is 9.91. The molecule has 0 saturated carbocycles. The molecular formula is C14H23NO2. The molecule has 17 heavy (non-hydrogen) atoms. The Labute approximate surface area is 104 Å². The number of aliphatic hydroxyl groups excluding tert-OH is 1. The summed E-state index contributed by atoms with van der Waals surface area (Å²) in [6.07, 6.45) is 1.05. The standard InChI is InChI=1S/C14H23NO2/c1-4-5-15(6-7-16)10-13-8-11(2)12(3)9-14(13)17/h8-9,16-17H,4-7,10H2,1-3H3. The number of hydrogen-bond donors (Lipinski definition) is 2. The lowest BCUT2D eigenvalue weighted by Gasteiger charge is -2.21. The SMILES string of the molecule is CCCN(CCO)Cc1cc(C)c(C)cc1O. The van der Waals surface area contributed by atoms with Crippen molar-refractivity contribution in [1.29, 1.82) is 0 Å². The fourth-order valence-electron chi connectivity index (χ4n) is 1.96. The van der Waals surface area contributed by atoms with Gasteiger partial charge >= 0.3 is 0 Å². The Morgan fingerprint density at radius 1 is 1.12 bits per heavy atom. The summed E-state index contributed by atoms with van der Waals surface area (Å²) >= 11 is 0. The molecule has 0 amide bonds. The zero-order valence-corrected chi connectivity index (χ0v) is 11.0. The largest absolute Gasteiger partial charge is 0.508 e. The van der Waals surface area contributed by atoms with E-state index in [9.17, 15) is 5.11 Å². The molecule has 0 aliphatic heterocycles. The fraction of sp³-hybridized carbons (Fsp3) is 0.571. The van der Waals surface area contributed by atoms with Gasteiger partial charge in [0, 0.05) is 18.7 Å². The first-order valence-electron chi connectivity index (χ1n) is 6.20. The summed E-state index contributed by atoms with van der Waals surface area (Å²) in [5.41, 5.74) is 3.24. The van der Waals surface area contributed by atoms with E-state index in [2.05, 4.69) is 18.7 Å². The molecule has 0 heterocycles. The third kappa shape index (κ3) is 4.02. The minimum atomic E-state index is 0.158. The van der Waals surface area contributed by atoms with Gasteiger partial charge in [0.1, 0.15) is 5.75 Å². The van der Waals surface area contributed by atoms with Gasteiger partial charge in [-0.1, -0.05) is 13.0 Å². The van der Waals surface area contributed by atoms with Crippen LogP contribution in [0.15, 0.2) is 12.1 Å². The molecule has 0 aromatic heterocycles. The number of phenols is 1. The molecule has 0 aliphatic carbocycles. The third-order valence-electron chi connectivity index (χ3n) is 3.04. The Hall–Kier alpha value is -1.06. The van der Waals surface area contributed by atoms with E-state index < -0.39 is 0 Å². The summed E-state index contributed by atoms with van der Waals surface area (Å²) in [5, 5.41) is 18.9. The normalized spacial score (nSPS) is 11.1. The minimum absolute atomic E-state index is 0.158. The second-order valence-electron chi connectivity index (χ2n) is 4.56. The number of nitrogens with zero attached hydrogens (tertiary/aromatic N) is 1. The van der Waals surface area contributed by atoms with Crippen LogP contribution < -0.4 is 0 Å². The molecule has 0 fully saturated rings. The molecule has 1 aromatic carbocycles. The van der Waals surface area contributed by atoms with Crippen LogP contribution in [0.2, 0.25) is 0 Å². The van der Waals surface area contributed by atoms with E-state index in [-0.39, 0.29) is 6.61 Å². The van der Waals surface area contributed by atoms with Crippen LogP contribution in [0.4, 0.5) is 0 Å². The van der Waals surface area contributed by atoms with E-state index in [0.717, 1.165) is 24.1 Å². The van der Waals surface area contributed by atoms with E-state index >= 15 is 0 Å². The average Bonchev–Trinajstić information content (AvgIpc) is 2.26. The Bertz CT molecular complexity index is 357. The number of benzene rings is 1. The first kappa shape index (κ1) is 14.0. The highest BCUT2D eigenvalue weighted by molar-refractivity contribution is 5.40. The monoisotopic (exact) mass is 237 g/mol. The molecule has 1 aromatic rings. The van der Waals surface area contributed by atoms with Crippen molar-refractivity contribution >= 4 is 0 Å². The molecule has 0 radical (unpaired) electrons. The summed E-state index contributed by atoms with van der Waals surface area (Å²) in [5.74, 6) is 0.354. The predicted octanol–water partition coefficient (Wildman–Crippen LogP) is 2.21. The van der Waals surface area contributed by atoms with Crippen LogP contribution in [0.25, 0.3) is 0 Å². The molecule has 0 aliphatic rings. The fourth-order valence-corrected chi connectivity index (χ4v) is 1.96. The second-order valence-corrected chi connectivity index (χ2v) is 4.56. The van der Waals surface area contributed by atoms with E-state index in [1.54, 1.807) is 0 Å². The number of aromatic hydroxyl groups is 1. The molecule has 0 atom stereocenters.